The molecule has 1 unspecified atom stereocenters. The van der Waals surface area contributed by atoms with Crippen molar-refractivity contribution in [2.24, 2.45) is 5.41 Å². The number of unbranched alkanes of at least 4 members (excludes halogenated alkanes) is 1. The molecule has 0 saturated carbocycles. The summed E-state index contributed by atoms with van der Waals surface area (Å²) in [6, 6.07) is 0. The molecule has 0 rings (SSSR count). The average Bonchev–Trinajstić information content (AvgIpc) is 1.84. The van der Waals surface area contributed by atoms with E-state index in [1.807, 2.05) is 0 Å². The molecule has 0 aliphatic rings. The Labute approximate surface area is 90.5 Å². The summed E-state index contributed by atoms with van der Waals surface area (Å²) >= 11 is 0.705. The van der Waals surface area contributed by atoms with Gasteiger partial charge in [-0.3, -0.25) is 0 Å². The van der Waals surface area contributed by atoms with Gasteiger partial charge in [0.05, 0.1) is 0 Å². The third-order valence-electron chi connectivity index (χ3n) is 1.98. The molecule has 0 spiro atoms. The van der Waals surface area contributed by atoms with Crippen LogP contribution < -0.4 is 0 Å². The van der Waals surface area contributed by atoms with Gasteiger partial charge in [-0.05, 0) is 0 Å². The summed E-state index contributed by atoms with van der Waals surface area (Å²) < 4.78 is -0.0148. The topological polar surface area (TPSA) is 20.2 Å². The van der Waals surface area contributed by atoms with Gasteiger partial charge in [0.2, 0.25) is 0 Å². The molecule has 1 nitrogen and oxygen atoms in total. The molecule has 0 heterocycles. The van der Waals surface area contributed by atoms with Gasteiger partial charge in [-0.15, -0.1) is 0 Å². The van der Waals surface area contributed by atoms with Crippen LogP contribution in [0, 0.1) is 44.6 Å². The molecule has 0 fully saturated rings. The van der Waals surface area contributed by atoms with Gasteiger partial charge in [-0.2, -0.15) is 0 Å². The minimum atomic E-state index is -0.0148. The second kappa shape index (κ2) is 5.06. The fraction of sp³-hybridized carbons (Fsp3) is 1.00. The predicted molar refractivity (Wildman–Crippen MR) is 39.3 cm³/mol. The Morgan fingerprint density at radius 2 is 2.00 bits per heavy atom. The van der Waals surface area contributed by atoms with E-state index in [1.165, 1.54) is 19.3 Å². The van der Waals surface area contributed by atoms with E-state index in [2.05, 4.69) is 20.8 Å². The maximum atomic E-state index is 9.38. The first kappa shape index (κ1) is 11.3. The molecule has 0 radical (unpaired) electrons. The molecule has 0 aliphatic heterocycles. The molecule has 0 aromatic heterocycles. The van der Waals surface area contributed by atoms with Crippen LogP contribution in [0.15, 0.2) is 0 Å². The van der Waals surface area contributed by atoms with Crippen LogP contribution in [0.4, 0.5) is 0 Å². The van der Waals surface area contributed by atoms with Crippen molar-refractivity contribution in [3.05, 3.63) is 0 Å². The van der Waals surface area contributed by atoms with Crippen LogP contribution in [0.3, 0.4) is 0 Å². The van der Waals surface area contributed by atoms with Crippen molar-refractivity contribution >= 4 is 0 Å². The fourth-order valence-corrected chi connectivity index (χ4v) is 1.31. The third-order valence-corrected chi connectivity index (χ3v) is 4.87. The molecule has 0 aliphatic carbocycles. The number of aliphatic hydroxyl groups is 1. The van der Waals surface area contributed by atoms with Crippen LogP contribution in [-0.4, -0.2) is 6.79 Å². The second-order valence-corrected chi connectivity index (χ2v) is 5.56. The standard InChI is InChI=1S/C8H17O.Pr/c1-4-5-6-8(2,3)7-9;/h7,9H,4-6H2,1-3H3;. The number of rotatable bonds is 4. The summed E-state index contributed by atoms with van der Waals surface area (Å²) in [5, 5.41) is 9.38. The van der Waals surface area contributed by atoms with E-state index >= 15 is 0 Å². The molecule has 2 heteroatoms. The van der Waals surface area contributed by atoms with Gasteiger partial charge in [0.15, 0.2) is 0 Å². The minimum absolute atomic E-state index is 0.0148. The Morgan fingerprint density at radius 1 is 1.50 bits per heavy atom. The first-order valence-electron chi connectivity index (χ1n) is 3.94. The van der Waals surface area contributed by atoms with Crippen LogP contribution in [0.5, 0.6) is 0 Å². The van der Waals surface area contributed by atoms with Gasteiger partial charge in [-0.1, -0.05) is 0 Å². The summed E-state index contributed by atoms with van der Waals surface area (Å²) in [7, 11) is 0. The van der Waals surface area contributed by atoms with Crippen molar-refractivity contribution in [3.63, 3.8) is 0 Å². The van der Waals surface area contributed by atoms with Gasteiger partial charge < -0.3 is 0 Å². The fourth-order valence-electron chi connectivity index (χ4n) is 0.780. The molecule has 1 N–H and O–H groups in total. The zero-order valence-electron chi connectivity index (χ0n) is 7.22. The Balaban J connectivity index is 3.63. The Kier molecular flexibility index (Phi) is 5.72. The third kappa shape index (κ3) is 4.25. The molecule has 0 saturated heterocycles. The van der Waals surface area contributed by atoms with Crippen molar-refractivity contribution < 1.29 is 44.3 Å². The van der Waals surface area contributed by atoms with Crippen LogP contribution >= 0.6 is 0 Å². The van der Waals surface area contributed by atoms with E-state index in [-0.39, 0.29) is 7.10 Å². The number of hydrogen-bond donors (Lipinski definition) is 1. The summed E-state index contributed by atoms with van der Waals surface area (Å²) in [4.78, 5) is 0. The van der Waals surface area contributed by atoms with E-state index in [0.717, 1.165) is 0 Å². The van der Waals surface area contributed by atoms with Gasteiger partial charge in [0.25, 0.3) is 0 Å². The average molecular weight is 270 g/mol. The van der Waals surface area contributed by atoms with Crippen LogP contribution in [-0.2, 0) is 0 Å². The van der Waals surface area contributed by atoms with Gasteiger partial charge >= 0.3 is 91.5 Å². The van der Waals surface area contributed by atoms with Crippen molar-refractivity contribution in [1.29, 1.82) is 0 Å². The van der Waals surface area contributed by atoms with Crippen molar-refractivity contribution in [3.8, 4) is 0 Å². The molecule has 1 atom stereocenters. The van der Waals surface area contributed by atoms with Gasteiger partial charge in [-0.25, -0.2) is 0 Å². The monoisotopic (exact) mass is 270 g/mol. The van der Waals surface area contributed by atoms with Crippen LogP contribution in [0.25, 0.3) is 0 Å². The van der Waals surface area contributed by atoms with Crippen LogP contribution in [0.2, 0.25) is 0 Å². The van der Waals surface area contributed by atoms with E-state index in [1.54, 1.807) is 0 Å². The van der Waals surface area contributed by atoms with E-state index in [0.29, 0.717) is 39.2 Å². The predicted octanol–water partition coefficient (Wildman–Crippen LogP) is 2.07. The number of aliphatic hydroxyl groups excluding tert-OH is 1. The zero-order valence-corrected chi connectivity index (χ0v) is 10.9. The van der Waals surface area contributed by atoms with Crippen molar-refractivity contribution in [2.45, 2.75) is 41.7 Å². The molecule has 0 bridgehead atoms. The van der Waals surface area contributed by atoms with Gasteiger partial charge in [0, 0.05) is 0 Å². The first-order chi connectivity index (χ1) is 4.50. The molecular weight excluding hydrogens is 253 g/mol. The first-order valence-corrected chi connectivity index (χ1v) is 6.08. The SMILES string of the molecule is CCCCC(C)(C)[CH](O)[Pr]. The zero-order chi connectivity index (χ0) is 8.20. The van der Waals surface area contributed by atoms with E-state index < -0.39 is 0 Å². The van der Waals surface area contributed by atoms with Gasteiger partial charge in [0.1, 0.15) is 0 Å². The normalized spacial score (nSPS) is 15.1. The van der Waals surface area contributed by atoms with Crippen molar-refractivity contribution in [2.75, 3.05) is 0 Å². The quantitative estimate of drug-likeness (QED) is 0.829. The Bertz CT molecular complexity index is 89.3. The second-order valence-electron chi connectivity index (χ2n) is 3.54. The molecule has 0 aromatic rings. The Morgan fingerprint density at radius 3 is 2.30 bits per heavy atom. The summed E-state index contributed by atoms with van der Waals surface area (Å²) in [6.45, 7) is 6.51. The maximum absolute atomic E-state index is 9.38. The summed E-state index contributed by atoms with van der Waals surface area (Å²) in [5.74, 6) is 0. The molecular formula is C8H17OPr. The molecule has 0 aromatic carbocycles. The summed E-state index contributed by atoms with van der Waals surface area (Å²) in [6.07, 6.45) is 3.65. The Hall–Kier alpha value is 1.32. The van der Waals surface area contributed by atoms with E-state index in [9.17, 15) is 5.11 Å². The number of hydrogen-bond acceptors (Lipinski definition) is 1. The van der Waals surface area contributed by atoms with Crippen molar-refractivity contribution in [1.82, 2.24) is 0 Å². The van der Waals surface area contributed by atoms with Crippen LogP contribution in [0.1, 0.15) is 40.0 Å². The summed E-state index contributed by atoms with van der Waals surface area (Å²) in [5.41, 5.74) is 0.181. The molecule has 58 valence electrons. The molecule has 0 amide bonds. The molecule has 10 heavy (non-hydrogen) atoms. The van der Waals surface area contributed by atoms with E-state index in [4.69, 9.17) is 0 Å².